The molecule has 3 rings (SSSR count). The monoisotopic (exact) mass is 385 g/mol. The van der Waals surface area contributed by atoms with Crippen molar-refractivity contribution in [1.29, 1.82) is 0 Å². The minimum atomic E-state index is -0.205. The molecular formula is C18H16BrN3O2. The Kier molecular flexibility index (Phi) is 4.76. The van der Waals surface area contributed by atoms with E-state index in [4.69, 9.17) is 0 Å². The van der Waals surface area contributed by atoms with Gasteiger partial charge >= 0.3 is 0 Å². The summed E-state index contributed by atoms with van der Waals surface area (Å²) in [5.41, 5.74) is 1.44. The molecule has 6 heteroatoms. The fourth-order valence-electron chi connectivity index (χ4n) is 2.46. The first kappa shape index (κ1) is 16.4. The van der Waals surface area contributed by atoms with Crippen LogP contribution < -0.4 is 5.56 Å². The van der Waals surface area contributed by atoms with Gasteiger partial charge in [0.05, 0.1) is 17.2 Å². The summed E-state index contributed by atoms with van der Waals surface area (Å²) < 4.78 is 2.30. The van der Waals surface area contributed by atoms with Gasteiger partial charge in [-0.25, -0.2) is 4.98 Å². The lowest BCUT2D eigenvalue weighted by Gasteiger charge is -2.18. The highest BCUT2D eigenvalue weighted by Gasteiger charge is 2.13. The van der Waals surface area contributed by atoms with E-state index in [-0.39, 0.29) is 18.0 Å². The number of carbonyl (C=O) groups is 1. The van der Waals surface area contributed by atoms with Crippen LogP contribution in [0.4, 0.5) is 0 Å². The van der Waals surface area contributed by atoms with Gasteiger partial charge in [0.2, 0.25) is 5.91 Å². The van der Waals surface area contributed by atoms with Crippen LogP contribution in [0.25, 0.3) is 10.9 Å². The zero-order valence-corrected chi connectivity index (χ0v) is 14.7. The van der Waals surface area contributed by atoms with Crippen LogP contribution in [-0.4, -0.2) is 27.4 Å². The van der Waals surface area contributed by atoms with E-state index in [2.05, 4.69) is 20.9 Å². The second-order valence-corrected chi connectivity index (χ2v) is 6.39. The van der Waals surface area contributed by atoms with Gasteiger partial charge in [-0.2, -0.15) is 0 Å². The van der Waals surface area contributed by atoms with Gasteiger partial charge in [-0.15, -0.1) is 0 Å². The third kappa shape index (κ3) is 3.38. The van der Waals surface area contributed by atoms with E-state index in [9.17, 15) is 9.59 Å². The normalized spacial score (nSPS) is 10.8. The highest BCUT2D eigenvalue weighted by molar-refractivity contribution is 9.10. The molecule has 0 aliphatic heterocycles. The number of para-hydroxylation sites is 1. The standard InChI is InChI=1S/C18H16BrN3O2/c1-21(10-13-6-2-4-8-15(13)19)17(23)11-22-12-20-16-9-5-3-7-14(16)18(22)24/h2-9,12H,10-11H2,1H3. The second-order valence-electron chi connectivity index (χ2n) is 5.54. The molecule has 0 saturated carbocycles. The number of amides is 1. The summed E-state index contributed by atoms with van der Waals surface area (Å²) in [5, 5.41) is 0.515. The van der Waals surface area contributed by atoms with Crippen molar-refractivity contribution < 1.29 is 4.79 Å². The van der Waals surface area contributed by atoms with Gasteiger partial charge in [-0.3, -0.25) is 14.2 Å². The number of likely N-dealkylation sites (N-methyl/N-ethyl adjacent to an activating group) is 1. The Bertz CT molecular complexity index is 952. The van der Waals surface area contributed by atoms with Gasteiger partial charge in [0.1, 0.15) is 6.54 Å². The smallest absolute Gasteiger partial charge is 0.261 e. The van der Waals surface area contributed by atoms with Crippen LogP contribution in [0.15, 0.2) is 64.1 Å². The van der Waals surface area contributed by atoms with Crippen molar-refractivity contribution in [3.8, 4) is 0 Å². The number of nitrogens with zero attached hydrogens (tertiary/aromatic N) is 3. The van der Waals surface area contributed by atoms with Crippen molar-refractivity contribution in [3.05, 3.63) is 75.2 Å². The van der Waals surface area contributed by atoms with E-state index in [0.717, 1.165) is 10.0 Å². The van der Waals surface area contributed by atoms with Gasteiger partial charge in [0.15, 0.2) is 0 Å². The summed E-state index contributed by atoms with van der Waals surface area (Å²) in [6.07, 6.45) is 1.43. The van der Waals surface area contributed by atoms with Crippen molar-refractivity contribution in [1.82, 2.24) is 14.5 Å². The molecule has 24 heavy (non-hydrogen) atoms. The number of carbonyl (C=O) groups excluding carboxylic acids is 1. The van der Waals surface area contributed by atoms with Crippen LogP contribution >= 0.6 is 15.9 Å². The molecule has 0 saturated heterocycles. The largest absolute Gasteiger partial charge is 0.340 e. The summed E-state index contributed by atoms with van der Waals surface area (Å²) >= 11 is 3.48. The van der Waals surface area contributed by atoms with Gasteiger partial charge in [-0.1, -0.05) is 46.3 Å². The number of fused-ring (bicyclic) bond motifs is 1. The number of aromatic nitrogens is 2. The molecule has 1 heterocycles. The van der Waals surface area contributed by atoms with Gasteiger partial charge in [-0.05, 0) is 23.8 Å². The summed E-state index contributed by atoms with van der Waals surface area (Å²) in [6, 6.07) is 14.9. The molecule has 0 spiro atoms. The molecule has 2 aromatic carbocycles. The lowest BCUT2D eigenvalue weighted by Crippen LogP contribution is -2.33. The summed E-state index contributed by atoms with van der Waals surface area (Å²) in [6.45, 7) is 0.438. The Labute approximate surface area is 147 Å². The highest BCUT2D eigenvalue weighted by atomic mass is 79.9. The minimum Gasteiger partial charge on any atom is -0.340 e. The maximum Gasteiger partial charge on any atom is 0.261 e. The maximum atomic E-state index is 12.4. The third-order valence-electron chi connectivity index (χ3n) is 3.83. The lowest BCUT2D eigenvalue weighted by molar-refractivity contribution is -0.131. The molecule has 0 aliphatic carbocycles. The predicted octanol–water partition coefficient (Wildman–Crippen LogP) is 2.82. The molecule has 0 bridgehead atoms. The summed E-state index contributed by atoms with van der Waals surface area (Å²) in [7, 11) is 1.72. The topological polar surface area (TPSA) is 55.2 Å². The molecule has 5 nitrogen and oxygen atoms in total. The summed E-state index contributed by atoms with van der Waals surface area (Å²) in [4.78, 5) is 30.7. The number of halogens is 1. The van der Waals surface area contributed by atoms with Gasteiger partial charge < -0.3 is 4.90 Å². The van der Waals surface area contributed by atoms with E-state index in [1.165, 1.54) is 10.9 Å². The van der Waals surface area contributed by atoms with Crippen molar-refractivity contribution in [3.63, 3.8) is 0 Å². The molecule has 3 aromatic rings. The van der Waals surface area contributed by atoms with Crippen LogP contribution in [0.3, 0.4) is 0 Å². The molecule has 0 unspecified atom stereocenters. The van der Waals surface area contributed by atoms with Crippen molar-refractivity contribution in [2.45, 2.75) is 13.1 Å². The van der Waals surface area contributed by atoms with E-state index in [1.54, 1.807) is 30.1 Å². The second kappa shape index (κ2) is 6.97. The molecule has 0 radical (unpaired) electrons. The zero-order valence-electron chi connectivity index (χ0n) is 13.1. The zero-order chi connectivity index (χ0) is 17.1. The Hall–Kier alpha value is -2.47. The Balaban J connectivity index is 1.78. The average Bonchev–Trinajstić information content (AvgIpc) is 2.59. The molecule has 0 atom stereocenters. The van der Waals surface area contributed by atoms with Crippen LogP contribution in [0, 0.1) is 0 Å². The quantitative estimate of drug-likeness (QED) is 0.693. The van der Waals surface area contributed by atoms with E-state index >= 15 is 0 Å². The molecule has 122 valence electrons. The fourth-order valence-corrected chi connectivity index (χ4v) is 2.87. The third-order valence-corrected chi connectivity index (χ3v) is 4.60. The molecular weight excluding hydrogens is 370 g/mol. The SMILES string of the molecule is CN(Cc1ccccc1Br)C(=O)Cn1cnc2ccccc2c1=O. The number of hydrogen-bond acceptors (Lipinski definition) is 3. The highest BCUT2D eigenvalue weighted by Crippen LogP contribution is 2.17. The van der Waals surface area contributed by atoms with Crippen LogP contribution in [-0.2, 0) is 17.9 Å². The minimum absolute atomic E-state index is 0.0301. The van der Waals surface area contributed by atoms with Crippen molar-refractivity contribution in [2.24, 2.45) is 0 Å². The van der Waals surface area contributed by atoms with E-state index < -0.39 is 0 Å². The first-order valence-corrected chi connectivity index (χ1v) is 8.27. The Morgan fingerprint density at radius 1 is 1.17 bits per heavy atom. The Morgan fingerprint density at radius 3 is 2.67 bits per heavy atom. The van der Waals surface area contributed by atoms with Crippen molar-refractivity contribution in [2.75, 3.05) is 7.05 Å². The van der Waals surface area contributed by atoms with Gasteiger partial charge in [0, 0.05) is 18.1 Å². The van der Waals surface area contributed by atoms with Crippen LogP contribution in [0.5, 0.6) is 0 Å². The number of rotatable bonds is 4. The average molecular weight is 386 g/mol. The van der Waals surface area contributed by atoms with Crippen molar-refractivity contribution >= 4 is 32.7 Å². The fraction of sp³-hybridized carbons (Fsp3) is 0.167. The van der Waals surface area contributed by atoms with Crippen LogP contribution in [0.1, 0.15) is 5.56 Å². The Morgan fingerprint density at radius 2 is 1.88 bits per heavy atom. The van der Waals surface area contributed by atoms with Gasteiger partial charge in [0.25, 0.3) is 5.56 Å². The number of hydrogen-bond donors (Lipinski definition) is 0. The van der Waals surface area contributed by atoms with E-state index in [0.29, 0.717) is 17.4 Å². The molecule has 0 aliphatic rings. The molecule has 1 aromatic heterocycles. The first-order chi connectivity index (χ1) is 11.6. The molecule has 0 fully saturated rings. The van der Waals surface area contributed by atoms with Crippen LogP contribution in [0.2, 0.25) is 0 Å². The predicted molar refractivity (Wildman–Crippen MR) is 96.6 cm³/mol. The molecule has 0 N–H and O–H groups in total. The number of benzene rings is 2. The lowest BCUT2D eigenvalue weighted by atomic mass is 10.2. The molecule has 1 amide bonds. The first-order valence-electron chi connectivity index (χ1n) is 7.48. The summed E-state index contributed by atoms with van der Waals surface area (Å²) in [5.74, 6) is -0.148. The maximum absolute atomic E-state index is 12.4. The van der Waals surface area contributed by atoms with E-state index in [1.807, 2.05) is 30.3 Å².